The van der Waals surface area contributed by atoms with E-state index in [9.17, 15) is 9.59 Å². The Morgan fingerprint density at radius 1 is 1.27 bits per heavy atom. The summed E-state index contributed by atoms with van der Waals surface area (Å²) in [6, 6.07) is 11.4. The largest absolute Gasteiger partial charge is 0.354 e. The van der Waals surface area contributed by atoms with Gasteiger partial charge in [-0.15, -0.1) is 0 Å². The molecule has 0 aromatic heterocycles. The molecule has 0 spiro atoms. The first-order valence-electron chi connectivity index (χ1n) is 7.60. The first-order valence-corrected chi connectivity index (χ1v) is 7.60. The third-order valence-corrected chi connectivity index (χ3v) is 3.40. The van der Waals surface area contributed by atoms with E-state index < -0.39 is 0 Å². The molecular formula is C17H23N3O2. The molecule has 1 unspecified atom stereocenters. The molecular weight excluding hydrogens is 278 g/mol. The fourth-order valence-electron chi connectivity index (χ4n) is 1.97. The summed E-state index contributed by atoms with van der Waals surface area (Å²) in [6.45, 7) is 4.27. The van der Waals surface area contributed by atoms with E-state index in [0.29, 0.717) is 6.54 Å². The van der Waals surface area contributed by atoms with Crippen LogP contribution in [0.3, 0.4) is 0 Å². The highest BCUT2D eigenvalue weighted by Crippen LogP contribution is 2.15. The van der Waals surface area contributed by atoms with Gasteiger partial charge in [-0.25, -0.2) is 0 Å². The van der Waals surface area contributed by atoms with Crippen molar-refractivity contribution < 1.29 is 9.59 Å². The van der Waals surface area contributed by atoms with Crippen LogP contribution in [0.15, 0.2) is 30.3 Å². The van der Waals surface area contributed by atoms with Crippen LogP contribution in [-0.2, 0) is 9.59 Å². The third-order valence-electron chi connectivity index (χ3n) is 3.40. The standard InChI is InChI=1S/C17H23N3O2/c1-3-14(2)19-16(21)10-11-17(22)20(13-7-12-18)15-8-5-4-6-9-15/h4-6,8-9,14H,3,7,10-11,13H2,1-2H3,(H,19,21). The predicted molar refractivity (Wildman–Crippen MR) is 86.2 cm³/mol. The van der Waals surface area contributed by atoms with Crippen LogP contribution in [0.25, 0.3) is 0 Å². The van der Waals surface area contributed by atoms with Crippen LogP contribution in [-0.4, -0.2) is 24.4 Å². The number of nitrogens with one attached hydrogen (secondary N) is 1. The van der Waals surface area contributed by atoms with Gasteiger partial charge in [-0.3, -0.25) is 9.59 Å². The van der Waals surface area contributed by atoms with E-state index in [2.05, 4.69) is 5.32 Å². The highest BCUT2D eigenvalue weighted by molar-refractivity contribution is 5.95. The number of amides is 2. The van der Waals surface area contributed by atoms with E-state index in [1.165, 1.54) is 0 Å². The van der Waals surface area contributed by atoms with Crippen LogP contribution in [0.1, 0.15) is 39.5 Å². The molecule has 1 aromatic rings. The second-order valence-electron chi connectivity index (χ2n) is 5.17. The predicted octanol–water partition coefficient (Wildman–Crippen LogP) is 2.63. The fourth-order valence-corrected chi connectivity index (χ4v) is 1.97. The molecule has 1 aromatic carbocycles. The Morgan fingerprint density at radius 2 is 1.95 bits per heavy atom. The maximum Gasteiger partial charge on any atom is 0.227 e. The summed E-state index contributed by atoms with van der Waals surface area (Å²) < 4.78 is 0. The highest BCUT2D eigenvalue weighted by Gasteiger charge is 2.17. The molecule has 1 N–H and O–H groups in total. The second kappa shape index (κ2) is 9.56. The molecule has 0 bridgehead atoms. The molecule has 2 amide bonds. The molecule has 0 fully saturated rings. The van der Waals surface area contributed by atoms with E-state index in [1.54, 1.807) is 4.90 Å². The summed E-state index contributed by atoms with van der Waals surface area (Å²) in [5, 5.41) is 11.6. The van der Waals surface area contributed by atoms with E-state index in [0.717, 1.165) is 12.1 Å². The molecule has 5 nitrogen and oxygen atoms in total. The van der Waals surface area contributed by atoms with Gasteiger partial charge in [0.25, 0.3) is 0 Å². The number of carbonyl (C=O) groups excluding carboxylic acids is 2. The molecule has 0 aliphatic rings. The lowest BCUT2D eigenvalue weighted by Gasteiger charge is -2.22. The van der Waals surface area contributed by atoms with Crippen molar-refractivity contribution in [1.82, 2.24) is 5.32 Å². The minimum absolute atomic E-state index is 0.115. The van der Waals surface area contributed by atoms with Gasteiger partial charge in [-0.2, -0.15) is 5.26 Å². The lowest BCUT2D eigenvalue weighted by atomic mass is 10.2. The van der Waals surface area contributed by atoms with Crippen LogP contribution in [0.5, 0.6) is 0 Å². The van der Waals surface area contributed by atoms with Crippen LogP contribution >= 0.6 is 0 Å². The molecule has 118 valence electrons. The third kappa shape index (κ3) is 5.96. The first-order chi connectivity index (χ1) is 10.6. The quantitative estimate of drug-likeness (QED) is 0.802. The van der Waals surface area contributed by atoms with Crippen molar-refractivity contribution in [3.05, 3.63) is 30.3 Å². The van der Waals surface area contributed by atoms with E-state index in [1.807, 2.05) is 50.2 Å². The number of nitrogens with zero attached hydrogens (tertiary/aromatic N) is 2. The smallest absolute Gasteiger partial charge is 0.227 e. The number of rotatable bonds is 8. The van der Waals surface area contributed by atoms with Crippen LogP contribution in [0.4, 0.5) is 5.69 Å². The van der Waals surface area contributed by atoms with E-state index in [-0.39, 0.29) is 37.1 Å². The molecule has 0 radical (unpaired) electrons. The Bertz CT molecular complexity index is 522. The molecule has 1 rings (SSSR count). The summed E-state index contributed by atoms with van der Waals surface area (Å²) >= 11 is 0. The number of para-hydroxylation sites is 1. The number of carbonyl (C=O) groups is 2. The first kappa shape index (κ1) is 17.7. The Balaban J connectivity index is 2.61. The van der Waals surface area contributed by atoms with E-state index >= 15 is 0 Å². The maximum absolute atomic E-state index is 12.3. The van der Waals surface area contributed by atoms with Crippen LogP contribution < -0.4 is 10.2 Å². The molecule has 0 heterocycles. The van der Waals surface area contributed by atoms with Gasteiger partial charge in [0.05, 0.1) is 12.5 Å². The molecule has 22 heavy (non-hydrogen) atoms. The van der Waals surface area contributed by atoms with E-state index in [4.69, 9.17) is 5.26 Å². The summed E-state index contributed by atoms with van der Waals surface area (Å²) in [5.41, 5.74) is 0.755. The molecule has 0 saturated heterocycles. The monoisotopic (exact) mass is 301 g/mol. The van der Waals surface area contributed by atoms with Crippen molar-refractivity contribution >= 4 is 17.5 Å². The number of hydrogen-bond donors (Lipinski definition) is 1. The van der Waals surface area contributed by atoms with Crippen molar-refractivity contribution in [3.63, 3.8) is 0 Å². The van der Waals surface area contributed by atoms with Gasteiger partial charge in [-0.1, -0.05) is 25.1 Å². The average molecular weight is 301 g/mol. The topological polar surface area (TPSA) is 73.2 Å². The van der Waals surface area contributed by atoms with Crippen LogP contribution in [0, 0.1) is 11.3 Å². The van der Waals surface area contributed by atoms with Crippen molar-refractivity contribution in [2.75, 3.05) is 11.4 Å². The molecule has 5 heteroatoms. The summed E-state index contributed by atoms with van der Waals surface area (Å²) in [7, 11) is 0. The van der Waals surface area contributed by atoms with Gasteiger partial charge >= 0.3 is 0 Å². The Labute approximate surface area is 131 Å². The number of nitriles is 1. The lowest BCUT2D eigenvalue weighted by molar-refractivity contribution is -0.125. The van der Waals surface area contributed by atoms with Gasteiger partial charge in [0.15, 0.2) is 0 Å². The Hall–Kier alpha value is -2.35. The van der Waals surface area contributed by atoms with Gasteiger partial charge in [0, 0.05) is 31.1 Å². The number of anilines is 1. The van der Waals surface area contributed by atoms with Gasteiger partial charge < -0.3 is 10.2 Å². The average Bonchev–Trinajstić information content (AvgIpc) is 2.54. The zero-order chi connectivity index (χ0) is 16.4. The number of benzene rings is 1. The van der Waals surface area contributed by atoms with Crippen LogP contribution in [0.2, 0.25) is 0 Å². The van der Waals surface area contributed by atoms with Crippen molar-refractivity contribution in [2.45, 2.75) is 45.6 Å². The summed E-state index contributed by atoms with van der Waals surface area (Å²) in [6.07, 6.45) is 1.43. The summed E-state index contributed by atoms with van der Waals surface area (Å²) in [4.78, 5) is 25.7. The Kier molecular flexibility index (Phi) is 7.69. The lowest BCUT2D eigenvalue weighted by Crippen LogP contribution is -2.35. The minimum atomic E-state index is -0.138. The summed E-state index contributed by atoms with van der Waals surface area (Å²) in [5.74, 6) is -0.253. The normalized spacial score (nSPS) is 11.3. The zero-order valence-corrected chi connectivity index (χ0v) is 13.2. The highest BCUT2D eigenvalue weighted by atomic mass is 16.2. The zero-order valence-electron chi connectivity index (χ0n) is 13.2. The Morgan fingerprint density at radius 3 is 2.55 bits per heavy atom. The molecule has 0 aliphatic heterocycles. The number of hydrogen-bond acceptors (Lipinski definition) is 3. The molecule has 0 saturated carbocycles. The molecule has 0 aliphatic carbocycles. The minimum Gasteiger partial charge on any atom is -0.354 e. The fraction of sp³-hybridized carbons (Fsp3) is 0.471. The van der Waals surface area contributed by atoms with Crippen molar-refractivity contribution in [3.8, 4) is 6.07 Å². The van der Waals surface area contributed by atoms with Gasteiger partial charge in [-0.05, 0) is 25.5 Å². The van der Waals surface area contributed by atoms with Gasteiger partial charge in [0.2, 0.25) is 11.8 Å². The van der Waals surface area contributed by atoms with Gasteiger partial charge in [0.1, 0.15) is 0 Å². The SMILES string of the molecule is CCC(C)NC(=O)CCC(=O)N(CCC#N)c1ccccc1. The van der Waals surface area contributed by atoms with Crippen molar-refractivity contribution in [1.29, 1.82) is 5.26 Å². The second-order valence-corrected chi connectivity index (χ2v) is 5.17. The van der Waals surface area contributed by atoms with Crippen molar-refractivity contribution in [2.24, 2.45) is 0 Å². The maximum atomic E-state index is 12.3. The molecule has 1 atom stereocenters.